The second kappa shape index (κ2) is 38.4. The molecule has 6 aliphatic carbocycles. The lowest BCUT2D eigenvalue weighted by molar-refractivity contribution is -0.346. The van der Waals surface area contributed by atoms with E-state index in [0.29, 0.717) is 16.7 Å². The summed E-state index contributed by atoms with van der Waals surface area (Å²) in [5.41, 5.74) is -12.8. The molecule has 2 amide bonds. The van der Waals surface area contributed by atoms with Gasteiger partial charge in [0, 0.05) is 94.1 Å². The highest BCUT2D eigenvalue weighted by molar-refractivity contribution is 6.40. The zero-order valence-corrected chi connectivity index (χ0v) is 74.1. The number of carboxylic acid groups (broad SMARTS) is 1. The number of alkyl halides is 2. The number of aliphatic hydroxyl groups excluding tert-OH is 3. The SMILES string of the molecule is CC(=O)O[C@H]1C(=O)[C@@]2(C)[C@H]([C@H](C)[C@]3(O)C[C@H](OC(=O)[C@H](O)[C@@H](NC(=O)c4ccccc4)c4ccccc4)C(C)=C1C3(C)C)[C@]1(OC(C)=O)CO[C@@H]1C[C@@H]2O.CC(=O)O[C@H]1C(=O)[C@@]2(C)[C@H]([C@H](OC(=O)c3ccccc3)[C@]3(O)C[C@H](OC(=O)[C@H](OC(=O)CCCC(=O)O)[C@@H](NC(=O)c4ccccc4)c4ccccc4)C(C)=C1C3(C)C)[C@]1(OC(C)=O)CO[C@@H]1C[C@@H]2O.ClCCl. The molecule has 2 aliphatic heterocycles. The molecule has 2 heterocycles. The Morgan fingerprint density at radius 1 is 0.504 bits per heavy atom. The number of fused-ring (bicyclic) bond motifs is 10. The number of carbonyl (C=O) groups is 13. The number of esters is 8. The molecule has 22 atom stereocenters. The second-order valence-corrected chi connectivity index (χ2v) is 35.9. The van der Waals surface area contributed by atoms with Gasteiger partial charge in [-0.05, 0) is 110 Å². The first-order valence-corrected chi connectivity index (χ1v) is 42.8. The summed E-state index contributed by atoms with van der Waals surface area (Å²) in [6.07, 6.45) is -19.2. The van der Waals surface area contributed by atoms with Gasteiger partial charge in [-0.15, -0.1) is 23.2 Å². The van der Waals surface area contributed by atoms with Gasteiger partial charge < -0.3 is 88.6 Å². The number of aliphatic carboxylic acids is 1. The van der Waals surface area contributed by atoms with E-state index < -0.39 is 237 Å². The molecule has 127 heavy (non-hydrogen) atoms. The highest BCUT2D eigenvalue weighted by Crippen LogP contribution is 2.68. The van der Waals surface area contributed by atoms with Gasteiger partial charge in [-0.1, -0.05) is 150 Å². The monoisotopic (exact) mass is 1800 g/mol. The van der Waals surface area contributed by atoms with Crippen LogP contribution in [-0.2, 0) is 95.3 Å². The molecule has 8 N–H and O–H groups in total. The Balaban J connectivity index is 0.000000246. The molecule has 0 aromatic heterocycles. The third kappa shape index (κ3) is 18.2. The molecule has 0 unspecified atom stereocenters. The standard InChI is InChI=1S/C52H57NO17.C41H49NO12.CH2Cl2/c1-28-34(67-48(63)42(68-38(59)24-16-23-37(57)58)40(31-17-10-7-11-18-31)53-46(61)32-19-12-8-13-20-32)26-52(64)45(69-47(62)33-21-14-9-15-22-33)43-50(6,35(56)25-36-51(43,27-65-36)70-30(3)55)44(60)41(66-29(2)54)39(28)49(52,4)5;1-21-27(53-37(49)32(46)31(25-14-10-8-11-15-25)42-36(48)26-16-12-9-13-17-26)19-41(50)22(2)34-39(7,28(45)18-29-40(34,20-51-29)54-24(4)44)35(47)33(52-23(3)43)30(21)38(41,5)6;2-1-3/h7-15,17-22,34-36,40-43,45,56,64H,16,23-27H2,1-6H3,(H,53,61)(H,57,58);8-17,22,27-29,31-34,45-46,50H,18-20H2,1-7H3,(H,42,48);1H2/t34-,35-,36+,40-,41+,42+,43-,45-,50+,51-,52+;22-,27-,28-,29+,31-,32+,33+,34-,39+,40-,41+;/m00./s1. The van der Waals surface area contributed by atoms with Gasteiger partial charge in [-0.2, -0.15) is 0 Å². The lowest BCUT2D eigenvalue weighted by atomic mass is 9.42. The molecule has 8 aliphatic rings. The zero-order chi connectivity index (χ0) is 93.2. The third-order valence-corrected chi connectivity index (χ3v) is 27.2. The minimum absolute atomic E-state index is 0.0272. The van der Waals surface area contributed by atoms with Crippen molar-refractivity contribution in [3.63, 3.8) is 0 Å². The summed E-state index contributed by atoms with van der Waals surface area (Å²) in [6, 6.07) is 37.8. The van der Waals surface area contributed by atoms with Crippen LogP contribution >= 0.6 is 23.2 Å². The molecular formula is C94H108Cl2N2O29. The lowest BCUT2D eigenvalue weighted by Crippen LogP contribution is -2.82. The maximum absolute atomic E-state index is 15.7. The minimum atomic E-state index is -2.49. The van der Waals surface area contributed by atoms with E-state index in [1.54, 1.807) is 162 Å². The summed E-state index contributed by atoms with van der Waals surface area (Å²) < 4.78 is 60.2. The highest BCUT2D eigenvalue weighted by Gasteiger charge is 2.80. The molecule has 6 fully saturated rings. The molecule has 0 radical (unpaired) electrons. The first kappa shape index (κ1) is 97.0. The van der Waals surface area contributed by atoms with E-state index in [1.807, 2.05) is 0 Å². The maximum atomic E-state index is 15.7. The fourth-order valence-electron chi connectivity index (χ4n) is 20.8. The van der Waals surface area contributed by atoms with Gasteiger partial charge in [0.1, 0.15) is 42.2 Å². The number of hydrogen-bond donors (Lipinski definition) is 8. The van der Waals surface area contributed by atoms with E-state index in [0.717, 1.165) is 20.8 Å². The number of ether oxygens (including phenoxy) is 10. The van der Waals surface area contributed by atoms with Crippen LogP contribution in [-0.4, -0.2) is 216 Å². The quantitative estimate of drug-likeness (QED) is 0.0131. The number of amides is 2. The first-order chi connectivity index (χ1) is 59.8. The summed E-state index contributed by atoms with van der Waals surface area (Å²) in [5, 5.41) is 77.6. The van der Waals surface area contributed by atoms with Crippen LogP contribution in [0.5, 0.6) is 0 Å². The lowest BCUT2D eigenvalue weighted by Gasteiger charge is -2.68. The Labute approximate surface area is 743 Å². The van der Waals surface area contributed by atoms with Gasteiger partial charge in [0.2, 0.25) is 6.10 Å². The van der Waals surface area contributed by atoms with Crippen molar-refractivity contribution >= 4 is 100 Å². The van der Waals surface area contributed by atoms with E-state index >= 15 is 14.4 Å². The fraction of sp³-hybridized carbons (Fsp3) is 0.500. The minimum Gasteiger partial charge on any atom is -0.481 e. The summed E-state index contributed by atoms with van der Waals surface area (Å²) in [6.45, 7) is 18.3. The number of rotatable bonds is 23. The number of Topliss-reactive ketones (excluding diaryl/α,β-unsaturated/α-hetero) is 2. The van der Waals surface area contributed by atoms with Crippen molar-refractivity contribution in [1.82, 2.24) is 10.6 Å². The van der Waals surface area contributed by atoms with Crippen LogP contribution in [0.1, 0.15) is 189 Å². The van der Waals surface area contributed by atoms with Gasteiger partial charge in [-0.3, -0.25) is 47.9 Å². The number of nitrogens with one attached hydrogen (secondary N) is 2. The van der Waals surface area contributed by atoms with E-state index in [1.165, 1.54) is 58.9 Å². The van der Waals surface area contributed by atoms with Gasteiger partial charge in [0.05, 0.1) is 64.7 Å². The molecule has 33 heteroatoms. The second-order valence-electron chi connectivity index (χ2n) is 35.1. The first-order valence-electron chi connectivity index (χ1n) is 41.8. The normalized spacial score (nSPS) is 31.2. The highest BCUT2D eigenvalue weighted by atomic mass is 35.5. The molecule has 31 nitrogen and oxygen atoms in total. The number of carboxylic acids is 1. The Morgan fingerprint density at radius 3 is 1.29 bits per heavy atom. The molecule has 0 spiro atoms. The summed E-state index contributed by atoms with van der Waals surface area (Å²) in [5.74, 6) is -15.2. The van der Waals surface area contributed by atoms with E-state index in [-0.39, 0.29) is 77.6 Å². The van der Waals surface area contributed by atoms with Crippen molar-refractivity contribution in [2.75, 3.05) is 18.6 Å². The molecular weight excluding hydrogens is 1690 g/mol. The number of halogens is 2. The molecule has 4 saturated carbocycles. The van der Waals surface area contributed by atoms with E-state index in [2.05, 4.69) is 10.6 Å². The number of carbonyl (C=O) groups excluding carboxylic acids is 12. The van der Waals surface area contributed by atoms with Crippen LogP contribution in [0.15, 0.2) is 174 Å². The van der Waals surface area contributed by atoms with E-state index in [9.17, 15) is 78.6 Å². The van der Waals surface area contributed by atoms with Crippen molar-refractivity contribution in [2.24, 2.45) is 39.4 Å². The average molecular weight is 1800 g/mol. The number of ketones is 2. The van der Waals surface area contributed by atoms with Gasteiger partial charge in [-0.25, -0.2) is 14.4 Å². The number of hydrogen-bond acceptors (Lipinski definition) is 28. The van der Waals surface area contributed by atoms with Crippen LogP contribution in [0.2, 0.25) is 0 Å². The van der Waals surface area contributed by atoms with Crippen LogP contribution in [0, 0.1) is 39.4 Å². The Morgan fingerprint density at radius 2 is 0.882 bits per heavy atom. The van der Waals surface area contributed by atoms with Crippen LogP contribution in [0.3, 0.4) is 0 Å². The molecule has 13 rings (SSSR count). The van der Waals surface area contributed by atoms with Gasteiger partial charge >= 0.3 is 53.7 Å². The van der Waals surface area contributed by atoms with Crippen molar-refractivity contribution < 1.29 is 140 Å². The van der Waals surface area contributed by atoms with Crippen LogP contribution in [0.25, 0.3) is 0 Å². The van der Waals surface area contributed by atoms with Crippen molar-refractivity contribution in [2.45, 2.75) is 237 Å². The van der Waals surface area contributed by atoms with E-state index in [4.69, 9.17) is 70.6 Å². The molecule has 2 saturated heterocycles. The number of benzene rings is 5. The maximum Gasteiger partial charge on any atom is 0.350 e. The molecule has 4 bridgehead atoms. The number of aliphatic hydroxyl groups is 5. The fourth-order valence-corrected chi connectivity index (χ4v) is 20.8. The molecule has 682 valence electrons. The Bertz CT molecular complexity index is 5070. The van der Waals surface area contributed by atoms with Crippen LogP contribution < -0.4 is 10.6 Å². The van der Waals surface area contributed by atoms with Gasteiger partial charge in [0.25, 0.3) is 11.8 Å². The van der Waals surface area contributed by atoms with Crippen LogP contribution in [0.4, 0.5) is 0 Å². The third-order valence-electron chi connectivity index (χ3n) is 27.2. The largest absolute Gasteiger partial charge is 0.481 e. The Hall–Kier alpha value is -10.6. The summed E-state index contributed by atoms with van der Waals surface area (Å²) in [4.78, 5) is 178. The van der Waals surface area contributed by atoms with Crippen molar-refractivity contribution in [3.05, 3.63) is 202 Å². The summed E-state index contributed by atoms with van der Waals surface area (Å²) in [7, 11) is 0. The molecule has 5 aromatic carbocycles. The molecule has 5 aromatic rings. The van der Waals surface area contributed by atoms with Gasteiger partial charge in [0.15, 0.2) is 41.1 Å². The topological polar surface area (TPSA) is 460 Å². The van der Waals surface area contributed by atoms with Crippen molar-refractivity contribution in [1.29, 1.82) is 0 Å². The predicted octanol–water partition coefficient (Wildman–Crippen LogP) is 9.11. The summed E-state index contributed by atoms with van der Waals surface area (Å²) >= 11 is 9.53. The Kier molecular flexibility index (Phi) is 29.3. The smallest absolute Gasteiger partial charge is 0.350 e. The van der Waals surface area contributed by atoms with Crippen molar-refractivity contribution in [3.8, 4) is 0 Å². The zero-order valence-electron chi connectivity index (χ0n) is 72.6. The average Bonchev–Trinajstić information content (AvgIpc) is 0.671. The predicted molar refractivity (Wildman–Crippen MR) is 451 cm³/mol.